The molecule has 1 atom stereocenters. The largest absolute Gasteiger partial charge is 0.383 e. The van der Waals surface area contributed by atoms with E-state index in [9.17, 15) is 9.90 Å². The van der Waals surface area contributed by atoms with Crippen LogP contribution in [0.5, 0.6) is 0 Å². The first kappa shape index (κ1) is 16.7. The molecular weight excluding hydrogens is 278 g/mol. The van der Waals surface area contributed by atoms with Crippen molar-refractivity contribution in [3.05, 3.63) is 24.0 Å². The number of hydrogen-bond donors (Lipinski definition) is 1. The van der Waals surface area contributed by atoms with Gasteiger partial charge in [-0.15, -0.1) is 0 Å². The highest BCUT2D eigenvalue weighted by Gasteiger charge is 2.25. The Balaban J connectivity index is 1.96. The summed E-state index contributed by atoms with van der Waals surface area (Å²) in [5.74, 6) is 0.198. The Morgan fingerprint density at radius 3 is 2.77 bits per heavy atom. The smallest absolute Gasteiger partial charge is 0.251 e. The standard InChI is InChI=1S/C17H27N3O2/c1-13(2)11-16(21)17(22)20-8-4-7-19(9-10-20)15-5-6-18-14(3)12-15/h5-6,12-13,16,21H,4,7-11H2,1-3H3/t16-/m0/s1. The predicted octanol–water partition coefficient (Wildman–Crippen LogP) is 1.84. The third-order valence-electron chi connectivity index (χ3n) is 4.03. The zero-order valence-corrected chi connectivity index (χ0v) is 13.8. The van der Waals surface area contributed by atoms with Gasteiger partial charge in [0.15, 0.2) is 0 Å². The molecule has 1 aromatic rings. The molecule has 2 rings (SSSR count). The van der Waals surface area contributed by atoms with Crippen molar-refractivity contribution in [1.29, 1.82) is 0 Å². The van der Waals surface area contributed by atoms with Crippen LogP contribution in [-0.2, 0) is 4.79 Å². The minimum atomic E-state index is -0.866. The van der Waals surface area contributed by atoms with Gasteiger partial charge in [0.25, 0.3) is 5.91 Å². The van der Waals surface area contributed by atoms with Gasteiger partial charge in [0.1, 0.15) is 6.10 Å². The molecule has 0 aromatic carbocycles. The first-order valence-electron chi connectivity index (χ1n) is 8.12. The quantitative estimate of drug-likeness (QED) is 0.922. The maximum Gasteiger partial charge on any atom is 0.251 e. The van der Waals surface area contributed by atoms with Crippen LogP contribution in [0.1, 0.15) is 32.4 Å². The molecule has 0 aliphatic carbocycles. The second-order valence-corrected chi connectivity index (χ2v) is 6.47. The SMILES string of the molecule is Cc1cc(N2CCCN(C(=O)[C@@H](O)CC(C)C)CC2)ccn1. The molecule has 5 heteroatoms. The molecule has 1 aliphatic rings. The van der Waals surface area contributed by atoms with Crippen molar-refractivity contribution in [2.24, 2.45) is 5.92 Å². The van der Waals surface area contributed by atoms with E-state index in [1.807, 2.05) is 33.0 Å². The number of amides is 1. The van der Waals surface area contributed by atoms with Gasteiger partial charge in [-0.05, 0) is 37.8 Å². The molecule has 1 fully saturated rings. The van der Waals surface area contributed by atoms with Gasteiger partial charge in [-0.2, -0.15) is 0 Å². The lowest BCUT2D eigenvalue weighted by molar-refractivity contribution is -0.140. The van der Waals surface area contributed by atoms with Gasteiger partial charge in [-0.25, -0.2) is 0 Å². The van der Waals surface area contributed by atoms with E-state index in [2.05, 4.69) is 16.0 Å². The van der Waals surface area contributed by atoms with Crippen molar-refractivity contribution in [3.8, 4) is 0 Å². The van der Waals surface area contributed by atoms with Crippen LogP contribution in [0.3, 0.4) is 0 Å². The summed E-state index contributed by atoms with van der Waals surface area (Å²) in [4.78, 5) is 20.7. The molecule has 1 aromatic heterocycles. The average molecular weight is 305 g/mol. The highest BCUT2D eigenvalue weighted by molar-refractivity contribution is 5.80. The Kier molecular flexibility index (Phi) is 5.77. The Morgan fingerprint density at radius 1 is 1.32 bits per heavy atom. The molecule has 0 radical (unpaired) electrons. The topological polar surface area (TPSA) is 56.7 Å². The normalized spacial score (nSPS) is 17.5. The highest BCUT2D eigenvalue weighted by Crippen LogP contribution is 2.17. The van der Waals surface area contributed by atoms with Gasteiger partial charge < -0.3 is 14.9 Å². The van der Waals surface area contributed by atoms with Crippen molar-refractivity contribution in [2.45, 2.75) is 39.7 Å². The number of aryl methyl sites for hydroxylation is 1. The Morgan fingerprint density at radius 2 is 2.09 bits per heavy atom. The van der Waals surface area contributed by atoms with E-state index in [-0.39, 0.29) is 5.91 Å². The number of aromatic nitrogens is 1. The van der Waals surface area contributed by atoms with Crippen molar-refractivity contribution >= 4 is 11.6 Å². The fourth-order valence-electron chi connectivity index (χ4n) is 2.88. The molecule has 22 heavy (non-hydrogen) atoms. The molecule has 122 valence electrons. The summed E-state index contributed by atoms with van der Waals surface area (Å²) in [6, 6.07) is 4.09. The first-order chi connectivity index (χ1) is 10.5. The van der Waals surface area contributed by atoms with Crippen molar-refractivity contribution in [3.63, 3.8) is 0 Å². The van der Waals surface area contributed by atoms with Crippen LogP contribution in [0.15, 0.2) is 18.3 Å². The van der Waals surface area contributed by atoms with Crippen LogP contribution in [0.4, 0.5) is 5.69 Å². The molecule has 1 saturated heterocycles. The maximum atomic E-state index is 12.3. The summed E-state index contributed by atoms with van der Waals surface area (Å²) in [6.45, 7) is 9.12. The summed E-state index contributed by atoms with van der Waals surface area (Å²) in [6.07, 6.45) is 2.41. The molecule has 0 bridgehead atoms. The third-order valence-corrected chi connectivity index (χ3v) is 4.03. The fraction of sp³-hybridized carbons (Fsp3) is 0.647. The van der Waals surface area contributed by atoms with E-state index in [1.165, 1.54) is 0 Å². The maximum absolute atomic E-state index is 12.3. The number of pyridine rings is 1. The number of hydrogen-bond acceptors (Lipinski definition) is 4. The molecule has 2 heterocycles. The van der Waals surface area contributed by atoms with Crippen molar-refractivity contribution in [1.82, 2.24) is 9.88 Å². The lowest BCUT2D eigenvalue weighted by Crippen LogP contribution is -2.41. The summed E-state index contributed by atoms with van der Waals surface area (Å²) in [5.41, 5.74) is 2.16. The number of carbonyl (C=O) groups is 1. The second kappa shape index (κ2) is 7.58. The molecule has 0 spiro atoms. The van der Waals surface area contributed by atoms with E-state index in [0.717, 1.165) is 30.9 Å². The van der Waals surface area contributed by atoms with Gasteiger partial charge in [0.2, 0.25) is 0 Å². The first-order valence-corrected chi connectivity index (χ1v) is 8.12. The van der Waals surface area contributed by atoms with Gasteiger partial charge in [-0.3, -0.25) is 9.78 Å². The van der Waals surface area contributed by atoms with Crippen molar-refractivity contribution in [2.75, 3.05) is 31.1 Å². The monoisotopic (exact) mass is 305 g/mol. The molecule has 0 saturated carbocycles. The Hall–Kier alpha value is -1.62. The van der Waals surface area contributed by atoms with Crippen LogP contribution in [0, 0.1) is 12.8 Å². The van der Waals surface area contributed by atoms with Crippen LogP contribution in [0.2, 0.25) is 0 Å². The van der Waals surface area contributed by atoms with E-state index in [1.54, 1.807) is 4.90 Å². The van der Waals surface area contributed by atoms with E-state index in [4.69, 9.17) is 0 Å². The number of anilines is 1. The minimum Gasteiger partial charge on any atom is -0.383 e. The van der Waals surface area contributed by atoms with Gasteiger partial charge in [0.05, 0.1) is 0 Å². The lowest BCUT2D eigenvalue weighted by Gasteiger charge is -2.25. The lowest BCUT2D eigenvalue weighted by atomic mass is 10.1. The Labute approximate surface area is 132 Å². The van der Waals surface area contributed by atoms with Gasteiger partial charge >= 0.3 is 0 Å². The second-order valence-electron chi connectivity index (χ2n) is 6.47. The van der Waals surface area contributed by atoms with E-state index >= 15 is 0 Å². The summed E-state index contributed by atoms with van der Waals surface area (Å²) < 4.78 is 0. The summed E-state index contributed by atoms with van der Waals surface area (Å²) >= 11 is 0. The number of aliphatic hydroxyl groups excluding tert-OH is 1. The zero-order chi connectivity index (χ0) is 16.1. The highest BCUT2D eigenvalue weighted by atomic mass is 16.3. The van der Waals surface area contributed by atoms with Crippen LogP contribution in [-0.4, -0.2) is 53.2 Å². The number of nitrogens with zero attached hydrogens (tertiary/aromatic N) is 3. The zero-order valence-electron chi connectivity index (χ0n) is 13.8. The van der Waals surface area contributed by atoms with E-state index in [0.29, 0.717) is 25.4 Å². The molecule has 1 amide bonds. The molecule has 0 unspecified atom stereocenters. The van der Waals surface area contributed by atoms with Crippen molar-refractivity contribution < 1.29 is 9.90 Å². The third kappa shape index (κ3) is 4.44. The molecular formula is C17H27N3O2. The predicted molar refractivity (Wildman–Crippen MR) is 87.8 cm³/mol. The molecule has 5 nitrogen and oxygen atoms in total. The molecule has 1 N–H and O–H groups in total. The average Bonchev–Trinajstić information content (AvgIpc) is 2.71. The van der Waals surface area contributed by atoms with Crippen LogP contribution >= 0.6 is 0 Å². The van der Waals surface area contributed by atoms with Crippen LogP contribution in [0.25, 0.3) is 0 Å². The fourth-order valence-corrected chi connectivity index (χ4v) is 2.88. The molecule has 1 aliphatic heterocycles. The number of carbonyl (C=O) groups excluding carboxylic acids is 1. The van der Waals surface area contributed by atoms with Gasteiger partial charge in [-0.1, -0.05) is 13.8 Å². The summed E-state index contributed by atoms with van der Waals surface area (Å²) in [7, 11) is 0. The number of aliphatic hydroxyl groups is 1. The van der Waals surface area contributed by atoms with E-state index < -0.39 is 6.10 Å². The van der Waals surface area contributed by atoms with Crippen LogP contribution < -0.4 is 4.90 Å². The number of rotatable bonds is 4. The summed E-state index contributed by atoms with van der Waals surface area (Å²) in [5, 5.41) is 10.0. The minimum absolute atomic E-state index is 0.124. The Bertz CT molecular complexity index is 504. The van der Waals surface area contributed by atoms with Gasteiger partial charge in [0, 0.05) is 43.8 Å².